The van der Waals surface area contributed by atoms with E-state index in [0.717, 1.165) is 5.39 Å². The SMILES string of the molecule is CC(C)CC(=O)Nc1c(C(=O)c2ccoc2)[nH]c2cc(Cl)ccc12. The standard InChI is InChI=1S/C18H17ClN2O3/c1-10(2)7-15(22)21-16-13-4-3-12(19)8-14(13)20-17(16)18(23)11-5-6-24-9-11/h3-6,8-10,20H,7H2,1-2H3,(H,21,22). The summed E-state index contributed by atoms with van der Waals surface area (Å²) >= 11 is 6.03. The quantitative estimate of drug-likeness (QED) is 0.662. The number of rotatable bonds is 5. The maximum atomic E-state index is 12.7. The minimum atomic E-state index is -0.254. The number of amides is 1. The van der Waals surface area contributed by atoms with Crippen molar-refractivity contribution < 1.29 is 14.0 Å². The third-order valence-electron chi connectivity index (χ3n) is 3.63. The van der Waals surface area contributed by atoms with Crippen LogP contribution in [0.25, 0.3) is 10.9 Å². The Kier molecular flexibility index (Phi) is 4.44. The Morgan fingerprint density at radius 2 is 2.08 bits per heavy atom. The number of carbonyl (C=O) groups is 2. The number of ketones is 1. The first kappa shape index (κ1) is 16.3. The Labute approximate surface area is 144 Å². The molecule has 0 aliphatic carbocycles. The van der Waals surface area contributed by atoms with E-state index in [1.807, 2.05) is 13.8 Å². The molecule has 0 atom stereocenters. The van der Waals surface area contributed by atoms with E-state index in [2.05, 4.69) is 10.3 Å². The van der Waals surface area contributed by atoms with E-state index in [1.165, 1.54) is 12.5 Å². The topological polar surface area (TPSA) is 75.1 Å². The first-order valence-corrected chi connectivity index (χ1v) is 8.01. The Balaban J connectivity index is 2.08. The van der Waals surface area contributed by atoms with Crippen LogP contribution in [0.1, 0.15) is 36.3 Å². The third kappa shape index (κ3) is 3.21. The number of anilines is 1. The van der Waals surface area contributed by atoms with Gasteiger partial charge in [0, 0.05) is 22.3 Å². The average Bonchev–Trinajstić information content (AvgIpc) is 3.14. The van der Waals surface area contributed by atoms with Gasteiger partial charge in [-0.15, -0.1) is 0 Å². The number of H-pyrrole nitrogens is 1. The number of hydrogen-bond acceptors (Lipinski definition) is 3. The van der Waals surface area contributed by atoms with Crippen LogP contribution in [0.5, 0.6) is 0 Å². The van der Waals surface area contributed by atoms with Crippen molar-refractivity contribution >= 4 is 39.9 Å². The molecule has 3 rings (SSSR count). The van der Waals surface area contributed by atoms with Crippen LogP contribution < -0.4 is 5.32 Å². The minimum Gasteiger partial charge on any atom is -0.472 e. The summed E-state index contributed by atoms with van der Waals surface area (Å²) in [6.45, 7) is 3.93. The molecule has 0 saturated carbocycles. The van der Waals surface area contributed by atoms with E-state index in [1.54, 1.807) is 24.3 Å². The summed E-state index contributed by atoms with van der Waals surface area (Å²) in [5.41, 5.74) is 1.88. The lowest BCUT2D eigenvalue weighted by Crippen LogP contribution is -2.16. The van der Waals surface area contributed by atoms with Gasteiger partial charge in [0.05, 0.1) is 17.5 Å². The van der Waals surface area contributed by atoms with Crippen molar-refractivity contribution in [3.05, 3.63) is 53.1 Å². The van der Waals surface area contributed by atoms with Crippen LogP contribution in [0.15, 0.2) is 41.2 Å². The van der Waals surface area contributed by atoms with Crippen LogP contribution in [0.4, 0.5) is 5.69 Å². The highest BCUT2D eigenvalue weighted by atomic mass is 35.5. The van der Waals surface area contributed by atoms with Crippen molar-refractivity contribution in [2.24, 2.45) is 5.92 Å². The summed E-state index contributed by atoms with van der Waals surface area (Å²) in [4.78, 5) is 28.0. The van der Waals surface area contributed by atoms with Gasteiger partial charge in [-0.2, -0.15) is 0 Å². The van der Waals surface area contributed by atoms with Crippen molar-refractivity contribution in [1.29, 1.82) is 0 Å². The Bertz CT molecular complexity index is 895. The number of hydrogen-bond donors (Lipinski definition) is 2. The molecule has 24 heavy (non-hydrogen) atoms. The molecule has 2 N–H and O–H groups in total. The first-order chi connectivity index (χ1) is 11.5. The number of aromatic nitrogens is 1. The Morgan fingerprint density at radius 1 is 1.29 bits per heavy atom. The molecule has 0 saturated heterocycles. The van der Waals surface area contributed by atoms with E-state index in [9.17, 15) is 9.59 Å². The summed E-state index contributed by atoms with van der Waals surface area (Å²) in [6.07, 6.45) is 3.18. The molecule has 124 valence electrons. The zero-order chi connectivity index (χ0) is 17.3. The van der Waals surface area contributed by atoms with Gasteiger partial charge >= 0.3 is 0 Å². The van der Waals surface area contributed by atoms with E-state index in [0.29, 0.717) is 33.9 Å². The predicted molar refractivity (Wildman–Crippen MR) is 93.5 cm³/mol. The third-order valence-corrected chi connectivity index (χ3v) is 3.86. The second-order valence-corrected chi connectivity index (χ2v) is 6.49. The predicted octanol–water partition coefficient (Wildman–Crippen LogP) is 4.63. The lowest BCUT2D eigenvalue weighted by molar-refractivity contribution is -0.116. The van der Waals surface area contributed by atoms with Crippen molar-refractivity contribution in [2.75, 3.05) is 5.32 Å². The summed E-state index contributed by atoms with van der Waals surface area (Å²) in [5, 5.41) is 4.15. The van der Waals surface area contributed by atoms with E-state index < -0.39 is 0 Å². The Hall–Kier alpha value is -2.53. The molecule has 0 radical (unpaired) electrons. The molecule has 0 fully saturated rings. The van der Waals surface area contributed by atoms with Crippen LogP contribution in [0.2, 0.25) is 5.02 Å². The van der Waals surface area contributed by atoms with Crippen LogP contribution >= 0.6 is 11.6 Å². The van der Waals surface area contributed by atoms with Gasteiger partial charge in [0.1, 0.15) is 12.0 Å². The highest BCUT2D eigenvalue weighted by Gasteiger charge is 2.22. The second-order valence-electron chi connectivity index (χ2n) is 6.05. The van der Waals surface area contributed by atoms with Gasteiger partial charge in [0.2, 0.25) is 11.7 Å². The average molecular weight is 345 g/mol. The summed E-state index contributed by atoms with van der Waals surface area (Å²) in [6, 6.07) is 6.81. The van der Waals surface area contributed by atoms with Crippen LogP contribution in [0.3, 0.4) is 0 Å². The van der Waals surface area contributed by atoms with Crippen molar-refractivity contribution in [3.63, 3.8) is 0 Å². The fourth-order valence-electron chi connectivity index (χ4n) is 2.57. The largest absolute Gasteiger partial charge is 0.472 e. The van der Waals surface area contributed by atoms with Gasteiger partial charge in [0.15, 0.2) is 0 Å². The summed E-state index contributed by atoms with van der Waals surface area (Å²) in [7, 11) is 0. The number of aromatic amines is 1. The zero-order valence-corrected chi connectivity index (χ0v) is 14.1. The fraction of sp³-hybridized carbons (Fsp3) is 0.222. The number of fused-ring (bicyclic) bond motifs is 1. The molecule has 1 aromatic carbocycles. The fourth-order valence-corrected chi connectivity index (χ4v) is 2.74. The molecule has 6 heteroatoms. The molecule has 2 heterocycles. The molecular formula is C18H17ClN2O3. The number of halogens is 1. The number of carbonyl (C=O) groups excluding carboxylic acids is 2. The monoisotopic (exact) mass is 344 g/mol. The van der Waals surface area contributed by atoms with E-state index >= 15 is 0 Å². The van der Waals surface area contributed by atoms with Crippen LogP contribution in [0, 0.1) is 5.92 Å². The van der Waals surface area contributed by atoms with Crippen molar-refractivity contribution in [3.8, 4) is 0 Å². The molecule has 3 aromatic rings. The summed E-state index contributed by atoms with van der Waals surface area (Å²) < 4.78 is 4.98. The van der Waals surface area contributed by atoms with Gasteiger partial charge in [0.25, 0.3) is 0 Å². The van der Waals surface area contributed by atoms with Crippen LogP contribution in [-0.2, 0) is 4.79 Å². The highest BCUT2D eigenvalue weighted by Crippen LogP contribution is 2.31. The second kappa shape index (κ2) is 6.53. The Morgan fingerprint density at radius 3 is 2.75 bits per heavy atom. The molecule has 0 aliphatic heterocycles. The first-order valence-electron chi connectivity index (χ1n) is 7.63. The maximum absolute atomic E-state index is 12.7. The molecule has 0 spiro atoms. The van der Waals surface area contributed by atoms with Gasteiger partial charge in [-0.25, -0.2) is 0 Å². The number of nitrogens with one attached hydrogen (secondary N) is 2. The number of furan rings is 1. The molecule has 0 unspecified atom stereocenters. The summed E-state index contributed by atoms with van der Waals surface area (Å²) in [5.74, 6) is -0.171. The number of benzene rings is 1. The lowest BCUT2D eigenvalue weighted by atomic mass is 10.1. The lowest BCUT2D eigenvalue weighted by Gasteiger charge is -2.08. The van der Waals surface area contributed by atoms with Gasteiger partial charge in [-0.05, 0) is 30.2 Å². The van der Waals surface area contributed by atoms with Gasteiger partial charge < -0.3 is 14.7 Å². The zero-order valence-electron chi connectivity index (χ0n) is 13.4. The molecule has 5 nitrogen and oxygen atoms in total. The normalized spacial score (nSPS) is 11.2. The maximum Gasteiger partial charge on any atom is 0.224 e. The van der Waals surface area contributed by atoms with E-state index in [4.69, 9.17) is 16.0 Å². The highest BCUT2D eigenvalue weighted by molar-refractivity contribution is 6.31. The van der Waals surface area contributed by atoms with Crippen molar-refractivity contribution in [1.82, 2.24) is 4.98 Å². The van der Waals surface area contributed by atoms with Crippen LogP contribution in [-0.4, -0.2) is 16.7 Å². The molecule has 0 aliphatic rings. The van der Waals surface area contributed by atoms with Crippen molar-refractivity contribution in [2.45, 2.75) is 20.3 Å². The van der Waals surface area contributed by atoms with Gasteiger partial charge in [-0.1, -0.05) is 25.4 Å². The van der Waals surface area contributed by atoms with Gasteiger partial charge in [-0.3, -0.25) is 9.59 Å². The van der Waals surface area contributed by atoms with E-state index in [-0.39, 0.29) is 17.6 Å². The molecular weight excluding hydrogens is 328 g/mol. The smallest absolute Gasteiger partial charge is 0.224 e. The minimum absolute atomic E-state index is 0.137. The molecule has 0 bridgehead atoms. The molecule has 2 aromatic heterocycles. The molecule has 1 amide bonds.